The molecule has 114 valence electrons. The standard InChI is InChI=1S/C16H33BrN2/c1-15(2)12-19(11-10-18(3)4)14-16(13-17)8-6-5-7-9-16/h15H,5-14H2,1-4H3. The molecule has 3 heteroatoms. The van der Waals surface area contributed by atoms with Gasteiger partial charge in [0.25, 0.3) is 0 Å². The van der Waals surface area contributed by atoms with E-state index in [1.165, 1.54) is 63.6 Å². The minimum Gasteiger partial charge on any atom is -0.308 e. The highest BCUT2D eigenvalue weighted by Gasteiger charge is 2.32. The molecule has 0 aliphatic heterocycles. The number of rotatable bonds is 8. The molecule has 1 aliphatic rings. The van der Waals surface area contributed by atoms with Crippen LogP contribution in [0.4, 0.5) is 0 Å². The van der Waals surface area contributed by atoms with Crippen molar-refractivity contribution in [3.05, 3.63) is 0 Å². The highest BCUT2D eigenvalue weighted by atomic mass is 79.9. The van der Waals surface area contributed by atoms with E-state index >= 15 is 0 Å². The second-order valence-electron chi connectivity index (χ2n) is 7.13. The molecule has 0 spiro atoms. The molecule has 0 N–H and O–H groups in total. The van der Waals surface area contributed by atoms with Crippen LogP contribution in [0, 0.1) is 11.3 Å². The fourth-order valence-corrected chi connectivity index (χ4v) is 3.94. The summed E-state index contributed by atoms with van der Waals surface area (Å²) in [6.45, 7) is 9.58. The minimum absolute atomic E-state index is 0.541. The zero-order valence-corrected chi connectivity index (χ0v) is 15.0. The Kier molecular flexibility index (Phi) is 7.93. The minimum atomic E-state index is 0.541. The van der Waals surface area contributed by atoms with Gasteiger partial charge in [0, 0.05) is 31.5 Å². The average molecular weight is 333 g/mol. The number of hydrogen-bond acceptors (Lipinski definition) is 2. The molecule has 0 aromatic carbocycles. The molecule has 0 aromatic rings. The number of alkyl halides is 1. The second kappa shape index (κ2) is 8.63. The van der Waals surface area contributed by atoms with E-state index in [1.54, 1.807) is 0 Å². The lowest BCUT2D eigenvalue weighted by atomic mass is 9.75. The Labute approximate surface area is 129 Å². The van der Waals surface area contributed by atoms with Crippen LogP contribution in [0.2, 0.25) is 0 Å². The summed E-state index contributed by atoms with van der Waals surface area (Å²) in [7, 11) is 4.35. The Morgan fingerprint density at radius 2 is 1.68 bits per heavy atom. The maximum Gasteiger partial charge on any atom is 0.0109 e. The van der Waals surface area contributed by atoms with E-state index in [9.17, 15) is 0 Å². The smallest absolute Gasteiger partial charge is 0.0109 e. The number of likely N-dealkylation sites (N-methyl/N-ethyl adjacent to an activating group) is 1. The summed E-state index contributed by atoms with van der Waals surface area (Å²) in [5, 5.41) is 1.18. The third-order valence-electron chi connectivity index (χ3n) is 4.24. The average Bonchev–Trinajstić information content (AvgIpc) is 2.36. The van der Waals surface area contributed by atoms with Crippen LogP contribution in [0.3, 0.4) is 0 Å². The van der Waals surface area contributed by atoms with Crippen molar-refractivity contribution in [1.82, 2.24) is 9.80 Å². The van der Waals surface area contributed by atoms with Gasteiger partial charge >= 0.3 is 0 Å². The van der Waals surface area contributed by atoms with E-state index in [4.69, 9.17) is 0 Å². The molecule has 2 nitrogen and oxygen atoms in total. The fraction of sp³-hybridized carbons (Fsp3) is 1.00. The van der Waals surface area contributed by atoms with Gasteiger partial charge in [-0.15, -0.1) is 0 Å². The van der Waals surface area contributed by atoms with Crippen LogP contribution in [-0.2, 0) is 0 Å². The molecule has 19 heavy (non-hydrogen) atoms. The predicted molar refractivity (Wildman–Crippen MR) is 89.1 cm³/mol. The highest BCUT2D eigenvalue weighted by molar-refractivity contribution is 9.09. The van der Waals surface area contributed by atoms with E-state index in [0.717, 1.165) is 5.92 Å². The summed E-state index contributed by atoms with van der Waals surface area (Å²) in [6.07, 6.45) is 7.11. The van der Waals surface area contributed by atoms with Crippen molar-refractivity contribution in [2.24, 2.45) is 11.3 Å². The van der Waals surface area contributed by atoms with Crippen molar-refractivity contribution in [2.75, 3.05) is 45.6 Å². The molecule has 0 atom stereocenters. The van der Waals surface area contributed by atoms with Crippen molar-refractivity contribution in [2.45, 2.75) is 46.0 Å². The number of halogens is 1. The monoisotopic (exact) mass is 332 g/mol. The van der Waals surface area contributed by atoms with Gasteiger partial charge < -0.3 is 9.80 Å². The number of hydrogen-bond donors (Lipinski definition) is 0. The highest BCUT2D eigenvalue weighted by Crippen LogP contribution is 2.38. The van der Waals surface area contributed by atoms with Crippen molar-refractivity contribution in [1.29, 1.82) is 0 Å². The molecule has 0 heterocycles. The van der Waals surface area contributed by atoms with Gasteiger partial charge in [0.1, 0.15) is 0 Å². The first-order valence-electron chi connectivity index (χ1n) is 7.90. The van der Waals surface area contributed by atoms with Crippen LogP contribution >= 0.6 is 15.9 Å². The largest absolute Gasteiger partial charge is 0.308 e. The molecule has 0 unspecified atom stereocenters. The van der Waals surface area contributed by atoms with E-state index in [0.29, 0.717) is 5.41 Å². The van der Waals surface area contributed by atoms with Crippen molar-refractivity contribution < 1.29 is 0 Å². The first-order chi connectivity index (χ1) is 8.97. The molecular weight excluding hydrogens is 300 g/mol. The van der Waals surface area contributed by atoms with E-state index in [2.05, 4.69) is 53.7 Å². The lowest BCUT2D eigenvalue weighted by molar-refractivity contribution is 0.111. The Morgan fingerprint density at radius 1 is 1.05 bits per heavy atom. The number of nitrogens with zero attached hydrogens (tertiary/aromatic N) is 2. The van der Waals surface area contributed by atoms with Crippen LogP contribution in [0.5, 0.6) is 0 Å². The second-order valence-corrected chi connectivity index (χ2v) is 7.69. The van der Waals surface area contributed by atoms with Crippen molar-refractivity contribution in [3.8, 4) is 0 Å². The van der Waals surface area contributed by atoms with E-state index in [-0.39, 0.29) is 0 Å². The van der Waals surface area contributed by atoms with Crippen molar-refractivity contribution in [3.63, 3.8) is 0 Å². The molecule has 1 rings (SSSR count). The molecule has 0 radical (unpaired) electrons. The van der Waals surface area contributed by atoms with Crippen LogP contribution < -0.4 is 0 Å². The van der Waals surface area contributed by atoms with Gasteiger partial charge in [-0.3, -0.25) is 0 Å². The topological polar surface area (TPSA) is 6.48 Å². The molecule has 0 aromatic heterocycles. The maximum atomic E-state index is 3.81. The van der Waals surface area contributed by atoms with Gasteiger partial charge in [-0.05, 0) is 38.3 Å². The summed E-state index contributed by atoms with van der Waals surface area (Å²) < 4.78 is 0. The van der Waals surface area contributed by atoms with Gasteiger partial charge in [0.2, 0.25) is 0 Å². The molecule has 1 aliphatic carbocycles. The van der Waals surface area contributed by atoms with Gasteiger partial charge in [0.15, 0.2) is 0 Å². The lowest BCUT2D eigenvalue weighted by Gasteiger charge is -2.41. The Balaban J connectivity index is 2.57. The van der Waals surface area contributed by atoms with E-state index in [1.807, 2.05) is 0 Å². The van der Waals surface area contributed by atoms with Crippen LogP contribution in [-0.4, -0.2) is 55.4 Å². The molecule has 0 saturated heterocycles. The molecule has 0 bridgehead atoms. The van der Waals surface area contributed by atoms with Gasteiger partial charge in [0.05, 0.1) is 0 Å². The summed E-state index contributed by atoms with van der Waals surface area (Å²) in [6, 6.07) is 0. The van der Waals surface area contributed by atoms with Gasteiger partial charge in [-0.2, -0.15) is 0 Å². The molecule has 1 saturated carbocycles. The van der Waals surface area contributed by atoms with E-state index < -0.39 is 0 Å². The molecule has 1 fully saturated rings. The zero-order valence-electron chi connectivity index (χ0n) is 13.4. The lowest BCUT2D eigenvalue weighted by Crippen LogP contribution is -2.44. The summed E-state index contributed by atoms with van der Waals surface area (Å²) >= 11 is 3.81. The predicted octanol–water partition coefficient (Wildman–Crippen LogP) is 3.85. The SMILES string of the molecule is CC(C)CN(CCN(C)C)CC1(CBr)CCCCC1. The fourth-order valence-electron chi connectivity index (χ4n) is 3.20. The van der Waals surface area contributed by atoms with Crippen LogP contribution in [0.25, 0.3) is 0 Å². The zero-order chi connectivity index (χ0) is 14.3. The first kappa shape index (κ1) is 17.5. The Bertz CT molecular complexity index is 235. The third kappa shape index (κ3) is 6.59. The molecule has 0 amide bonds. The van der Waals surface area contributed by atoms with Gasteiger partial charge in [-0.25, -0.2) is 0 Å². The van der Waals surface area contributed by atoms with Gasteiger partial charge in [-0.1, -0.05) is 49.0 Å². The Morgan fingerprint density at radius 3 is 2.16 bits per heavy atom. The molecular formula is C16H33BrN2. The first-order valence-corrected chi connectivity index (χ1v) is 9.03. The van der Waals surface area contributed by atoms with Crippen LogP contribution in [0.1, 0.15) is 46.0 Å². The Hall–Kier alpha value is 0.400. The summed E-state index contributed by atoms with van der Waals surface area (Å²) in [5.41, 5.74) is 0.541. The van der Waals surface area contributed by atoms with Crippen molar-refractivity contribution >= 4 is 15.9 Å². The maximum absolute atomic E-state index is 3.81. The third-order valence-corrected chi connectivity index (χ3v) is 5.43. The summed E-state index contributed by atoms with van der Waals surface area (Å²) in [5.74, 6) is 0.762. The van der Waals surface area contributed by atoms with Crippen LogP contribution in [0.15, 0.2) is 0 Å². The summed E-state index contributed by atoms with van der Waals surface area (Å²) in [4.78, 5) is 5.01. The normalized spacial score (nSPS) is 19.6. The quantitative estimate of drug-likeness (QED) is 0.623.